The van der Waals surface area contributed by atoms with Crippen LogP contribution in [0.15, 0.2) is 36.8 Å². The van der Waals surface area contributed by atoms with Crippen LogP contribution in [-0.4, -0.2) is 9.55 Å². The van der Waals surface area contributed by atoms with Crippen molar-refractivity contribution in [2.75, 3.05) is 5.73 Å². The Morgan fingerprint density at radius 3 is 2.62 bits per heavy atom. The Morgan fingerprint density at radius 1 is 1.31 bits per heavy atom. The van der Waals surface area contributed by atoms with Gasteiger partial charge in [-0.15, -0.1) is 0 Å². The molecule has 0 aliphatic carbocycles. The molecule has 13 heavy (non-hydrogen) atoms. The third kappa shape index (κ3) is 1.28. The van der Waals surface area contributed by atoms with Gasteiger partial charge in [-0.05, 0) is 30.7 Å². The summed E-state index contributed by atoms with van der Waals surface area (Å²) in [6, 6.07) is 5.88. The van der Waals surface area contributed by atoms with E-state index in [1.807, 2.05) is 42.1 Å². The summed E-state index contributed by atoms with van der Waals surface area (Å²) in [5.74, 6) is 0.566. The molecule has 2 N–H and O–H groups in total. The molecule has 0 saturated heterocycles. The van der Waals surface area contributed by atoms with Crippen LogP contribution < -0.4 is 5.73 Å². The molecule has 0 radical (unpaired) electrons. The van der Waals surface area contributed by atoms with Crippen LogP contribution in [0.4, 0.5) is 5.82 Å². The zero-order valence-electron chi connectivity index (χ0n) is 7.44. The second-order valence-corrected chi connectivity index (χ2v) is 2.95. The Balaban J connectivity index is 2.64. The van der Waals surface area contributed by atoms with Crippen LogP contribution >= 0.6 is 0 Å². The van der Waals surface area contributed by atoms with Gasteiger partial charge in [0, 0.05) is 18.6 Å². The third-order valence-corrected chi connectivity index (χ3v) is 2.02. The number of anilines is 1. The highest BCUT2D eigenvalue weighted by Gasteiger charge is 2.03. The smallest absolute Gasteiger partial charge is 0.147 e. The van der Waals surface area contributed by atoms with Crippen molar-refractivity contribution in [2.45, 2.75) is 6.92 Å². The van der Waals surface area contributed by atoms with Crippen LogP contribution in [0.1, 0.15) is 5.56 Å². The van der Waals surface area contributed by atoms with Crippen molar-refractivity contribution >= 4 is 5.82 Å². The molecule has 0 atom stereocenters. The van der Waals surface area contributed by atoms with Crippen LogP contribution in [0.2, 0.25) is 0 Å². The van der Waals surface area contributed by atoms with Gasteiger partial charge < -0.3 is 10.3 Å². The molecular formula is C10H11N3. The molecule has 0 unspecified atom stereocenters. The second kappa shape index (κ2) is 2.94. The molecule has 0 aliphatic rings. The quantitative estimate of drug-likeness (QED) is 0.714. The zero-order valence-corrected chi connectivity index (χ0v) is 7.44. The van der Waals surface area contributed by atoms with E-state index >= 15 is 0 Å². The molecule has 3 nitrogen and oxygen atoms in total. The number of aryl methyl sites for hydroxylation is 1. The van der Waals surface area contributed by atoms with Crippen molar-refractivity contribution in [1.29, 1.82) is 0 Å². The molecule has 66 valence electrons. The maximum Gasteiger partial charge on any atom is 0.147 e. The average Bonchev–Trinajstić information content (AvgIpc) is 2.57. The van der Waals surface area contributed by atoms with Crippen molar-refractivity contribution in [1.82, 2.24) is 9.55 Å². The number of hydrogen-bond donors (Lipinski definition) is 1. The van der Waals surface area contributed by atoms with Crippen molar-refractivity contribution in [3.8, 4) is 5.69 Å². The first-order valence-corrected chi connectivity index (χ1v) is 4.13. The molecule has 0 aliphatic heterocycles. The molecule has 3 heteroatoms. The standard InChI is InChI=1S/C10H11N3/c1-8-4-5-12-10(11)9(8)13-6-2-3-7-13/h2-7H,1H3,(H2,11,12). The molecule has 2 rings (SSSR count). The van der Waals surface area contributed by atoms with E-state index in [4.69, 9.17) is 5.73 Å². The van der Waals surface area contributed by atoms with E-state index < -0.39 is 0 Å². The summed E-state index contributed by atoms with van der Waals surface area (Å²) in [6.07, 6.45) is 5.64. The van der Waals surface area contributed by atoms with E-state index in [1.54, 1.807) is 6.20 Å². The van der Waals surface area contributed by atoms with Gasteiger partial charge in [0.2, 0.25) is 0 Å². The summed E-state index contributed by atoms with van der Waals surface area (Å²) in [5, 5.41) is 0. The minimum Gasteiger partial charge on any atom is -0.382 e. The molecular weight excluding hydrogens is 162 g/mol. The van der Waals surface area contributed by atoms with Gasteiger partial charge >= 0.3 is 0 Å². The largest absolute Gasteiger partial charge is 0.382 e. The van der Waals surface area contributed by atoms with Crippen molar-refractivity contribution in [3.05, 3.63) is 42.4 Å². The first-order chi connectivity index (χ1) is 6.29. The number of pyridine rings is 1. The fourth-order valence-electron chi connectivity index (χ4n) is 1.39. The highest BCUT2D eigenvalue weighted by Crippen LogP contribution is 2.18. The molecule has 0 saturated carbocycles. The number of rotatable bonds is 1. The highest BCUT2D eigenvalue weighted by molar-refractivity contribution is 5.56. The molecule has 0 spiro atoms. The average molecular weight is 173 g/mol. The normalized spacial score (nSPS) is 10.2. The maximum absolute atomic E-state index is 5.78. The van der Waals surface area contributed by atoms with Gasteiger partial charge in [-0.25, -0.2) is 4.98 Å². The van der Waals surface area contributed by atoms with Gasteiger partial charge in [-0.3, -0.25) is 0 Å². The monoisotopic (exact) mass is 173 g/mol. The topological polar surface area (TPSA) is 43.8 Å². The van der Waals surface area contributed by atoms with Crippen LogP contribution in [0.5, 0.6) is 0 Å². The van der Waals surface area contributed by atoms with Gasteiger partial charge in [0.15, 0.2) is 0 Å². The lowest BCUT2D eigenvalue weighted by molar-refractivity contribution is 1.04. The molecule has 0 amide bonds. The van der Waals surface area contributed by atoms with Gasteiger partial charge in [-0.2, -0.15) is 0 Å². The predicted molar refractivity (Wildman–Crippen MR) is 52.7 cm³/mol. The van der Waals surface area contributed by atoms with E-state index in [9.17, 15) is 0 Å². The van der Waals surface area contributed by atoms with Gasteiger partial charge in [0.25, 0.3) is 0 Å². The Labute approximate surface area is 76.8 Å². The SMILES string of the molecule is Cc1ccnc(N)c1-n1cccc1. The van der Waals surface area contributed by atoms with Crippen LogP contribution in [0.25, 0.3) is 5.69 Å². The van der Waals surface area contributed by atoms with Crippen molar-refractivity contribution < 1.29 is 0 Å². The molecule has 2 aromatic heterocycles. The third-order valence-electron chi connectivity index (χ3n) is 2.02. The number of nitrogens with zero attached hydrogens (tertiary/aromatic N) is 2. The van der Waals surface area contributed by atoms with Crippen molar-refractivity contribution in [3.63, 3.8) is 0 Å². The van der Waals surface area contributed by atoms with E-state index in [2.05, 4.69) is 4.98 Å². The first kappa shape index (κ1) is 7.86. The lowest BCUT2D eigenvalue weighted by Gasteiger charge is -2.08. The summed E-state index contributed by atoms with van der Waals surface area (Å²) < 4.78 is 1.97. The molecule has 0 fully saturated rings. The van der Waals surface area contributed by atoms with Crippen LogP contribution in [-0.2, 0) is 0 Å². The predicted octanol–water partition coefficient (Wildman–Crippen LogP) is 1.76. The summed E-state index contributed by atoms with van der Waals surface area (Å²) >= 11 is 0. The van der Waals surface area contributed by atoms with Crippen LogP contribution in [0, 0.1) is 6.92 Å². The van der Waals surface area contributed by atoms with Crippen LogP contribution in [0.3, 0.4) is 0 Å². The Hall–Kier alpha value is -1.77. The van der Waals surface area contributed by atoms with E-state index in [0.717, 1.165) is 11.3 Å². The van der Waals surface area contributed by atoms with E-state index in [1.165, 1.54) is 0 Å². The van der Waals surface area contributed by atoms with Gasteiger partial charge in [-0.1, -0.05) is 0 Å². The lowest BCUT2D eigenvalue weighted by Crippen LogP contribution is -2.01. The number of aromatic nitrogens is 2. The number of nitrogen functional groups attached to an aromatic ring is 1. The van der Waals surface area contributed by atoms with Gasteiger partial charge in [0.05, 0.1) is 5.69 Å². The van der Waals surface area contributed by atoms with E-state index in [-0.39, 0.29) is 0 Å². The van der Waals surface area contributed by atoms with E-state index in [0.29, 0.717) is 5.82 Å². The zero-order chi connectivity index (χ0) is 9.26. The Kier molecular flexibility index (Phi) is 1.77. The highest BCUT2D eigenvalue weighted by atomic mass is 15.0. The minimum absolute atomic E-state index is 0.566. The maximum atomic E-state index is 5.78. The fourth-order valence-corrected chi connectivity index (χ4v) is 1.39. The summed E-state index contributed by atoms with van der Waals surface area (Å²) in [6.45, 7) is 2.02. The second-order valence-electron chi connectivity index (χ2n) is 2.95. The first-order valence-electron chi connectivity index (χ1n) is 4.13. The molecule has 0 bridgehead atoms. The minimum atomic E-state index is 0.566. The summed E-state index contributed by atoms with van der Waals surface area (Å²) in [4.78, 5) is 4.05. The lowest BCUT2D eigenvalue weighted by atomic mass is 10.2. The summed E-state index contributed by atoms with van der Waals surface area (Å²) in [7, 11) is 0. The molecule has 0 aromatic carbocycles. The molecule has 2 aromatic rings. The van der Waals surface area contributed by atoms with Gasteiger partial charge in [0.1, 0.15) is 5.82 Å². The Bertz CT molecular complexity index is 384. The number of hydrogen-bond acceptors (Lipinski definition) is 2. The molecule has 2 heterocycles. The fraction of sp³-hybridized carbons (Fsp3) is 0.100. The number of nitrogens with two attached hydrogens (primary N) is 1. The van der Waals surface area contributed by atoms with Crippen molar-refractivity contribution in [2.24, 2.45) is 0 Å². The Morgan fingerprint density at radius 2 is 2.00 bits per heavy atom. The summed E-state index contributed by atoms with van der Waals surface area (Å²) in [5.41, 5.74) is 7.87.